The van der Waals surface area contributed by atoms with Crippen molar-refractivity contribution in [3.63, 3.8) is 0 Å². The molecule has 0 saturated heterocycles. The number of ether oxygens (including phenoxy) is 1. The zero-order valence-electron chi connectivity index (χ0n) is 24.4. The number of carbonyl (C=O) groups excluding carboxylic acids is 1. The van der Waals surface area contributed by atoms with Gasteiger partial charge in [-0.1, -0.05) is 57.2 Å². The number of amides is 1. The molecule has 212 valence electrons. The van der Waals surface area contributed by atoms with E-state index in [2.05, 4.69) is 49.1 Å². The molecule has 0 bridgehead atoms. The lowest BCUT2D eigenvalue weighted by Crippen LogP contribution is -2.44. The number of pyridine rings is 2. The van der Waals surface area contributed by atoms with Crippen LogP contribution in [0.5, 0.6) is 5.88 Å². The lowest BCUT2D eigenvalue weighted by molar-refractivity contribution is 0.0636. The first-order valence-corrected chi connectivity index (χ1v) is 16.0. The third-order valence-corrected chi connectivity index (χ3v) is 10.9. The second-order valence-electron chi connectivity index (χ2n) is 12.0. The largest absolute Gasteiger partial charge is 0.531 e. The summed E-state index contributed by atoms with van der Waals surface area (Å²) in [4.78, 5) is 20.6. The van der Waals surface area contributed by atoms with Crippen molar-refractivity contribution in [2.24, 2.45) is 0 Å². The minimum absolute atomic E-state index is 0.122. The van der Waals surface area contributed by atoms with Crippen molar-refractivity contribution < 1.29 is 24.0 Å². The summed E-state index contributed by atoms with van der Waals surface area (Å²) in [6.45, 7) is 16.3. The average Bonchev–Trinajstić information content (AvgIpc) is 2.83. The molecule has 2 heterocycles. The number of carbonyl (C=O) groups is 1. The highest BCUT2D eigenvalue weighted by molar-refractivity contribution is 6.74. The second kappa shape index (κ2) is 11.8. The number of rotatable bonds is 4. The number of para-hydroxylation sites is 2. The summed E-state index contributed by atoms with van der Waals surface area (Å²) in [5.41, 5.74) is 7.65. The maximum Gasteiger partial charge on any atom is 0.490 e. The summed E-state index contributed by atoms with van der Waals surface area (Å²) in [6.07, 6.45) is -0.634. The standard InChI is InChI=1S/C18H23N3OSi.C11H16BNO4/c1-18(2,3)23(4,5)22-15-11-10-13-12-8-6-7-9-14(12)20-17(19)16(13)21-15;1-11(2,3)17-10(14)13-9-7-5-4-6-8(9)12(15)16/h6-11H,1-5H3,(H2,19,20);4-7,15-16H,1-3H3,(H,13,14). The Hall–Kier alpha value is -3.67. The van der Waals surface area contributed by atoms with Crippen molar-refractivity contribution in [1.29, 1.82) is 0 Å². The third kappa shape index (κ3) is 7.71. The van der Waals surface area contributed by atoms with E-state index in [1.54, 1.807) is 39.0 Å². The van der Waals surface area contributed by atoms with Gasteiger partial charge in [0, 0.05) is 21.9 Å². The van der Waals surface area contributed by atoms with Crippen LogP contribution >= 0.6 is 0 Å². The summed E-state index contributed by atoms with van der Waals surface area (Å²) in [5, 5.41) is 22.9. The molecule has 0 unspecified atom stereocenters. The van der Waals surface area contributed by atoms with Crippen molar-refractivity contribution in [2.45, 2.75) is 65.3 Å². The number of nitrogen functional groups attached to an aromatic ring is 1. The van der Waals surface area contributed by atoms with Crippen LogP contribution in [0, 0.1) is 0 Å². The van der Waals surface area contributed by atoms with Gasteiger partial charge in [-0.15, -0.1) is 0 Å². The van der Waals surface area contributed by atoms with Crippen LogP contribution in [0.4, 0.5) is 16.3 Å². The van der Waals surface area contributed by atoms with Gasteiger partial charge in [-0.05, 0) is 63.2 Å². The number of fused-ring (bicyclic) bond motifs is 3. The van der Waals surface area contributed by atoms with E-state index in [9.17, 15) is 4.79 Å². The molecule has 0 saturated carbocycles. The van der Waals surface area contributed by atoms with Gasteiger partial charge in [0.15, 0.2) is 11.7 Å². The average molecular weight is 563 g/mol. The quantitative estimate of drug-likeness (QED) is 0.190. The Morgan fingerprint density at radius 3 is 2.15 bits per heavy atom. The number of hydrogen-bond acceptors (Lipinski definition) is 8. The van der Waals surface area contributed by atoms with E-state index < -0.39 is 27.1 Å². The number of nitrogens with two attached hydrogens (primary N) is 1. The van der Waals surface area contributed by atoms with Crippen molar-refractivity contribution in [1.82, 2.24) is 9.97 Å². The van der Waals surface area contributed by atoms with Gasteiger partial charge in [0.05, 0.1) is 5.52 Å². The first-order valence-electron chi connectivity index (χ1n) is 13.1. The Bertz CT molecular complexity index is 1500. The summed E-state index contributed by atoms with van der Waals surface area (Å²) in [6, 6.07) is 18.3. The van der Waals surface area contributed by atoms with Crippen LogP contribution < -0.4 is 20.9 Å². The lowest BCUT2D eigenvalue weighted by atomic mass is 9.79. The third-order valence-electron chi connectivity index (χ3n) is 6.59. The number of benzene rings is 2. The van der Waals surface area contributed by atoms with Crippen molar-refractivity contribution in [3.05, 3.63) is 60.7 Å². The van der Waals surface area contributed by atoms with Crippen molar-refractivity contribution >= 4 is 60.3 Å². The minimum atomic E-state index is -1.93. The summed E-state index contributed by atoms with van der Waals surface area (Å²) < 4.78 is 11.3. The zero-order valence-corrected chi connectivity index (χ0v) is 25.4. The van der Waals surface area contributed by atoms with Gasteiger partial charge in [0.2, 0.25) is 0 Å². The van der Waals surface area contributed by atoms with E-state index in [-0.39, 0.29) is 10.5 Å². The maximum absolute atomic E-state index is 11.5. The molecule has 0 atom stereocenters. The molecule has 0 fully saturated rings. The van der Waals surface area contributed by atoms with E-state index in [1.807, 2.05) is 36.4 Å². The molecular weight excluding hydrogens is 523 g/mol. The highest BCUT2D eigenvalue weighted by Gasteiger charge is 2.39. The fourth-order valence-electron chi connectivity index (χ4n) is 3.56. The topological polar surface area (TPSA) is 140 Å². The molecule has 0 aliphatic rings. The Kier molecular flexibility index (Phi) is 9.13. The summed E-state index contributed by atoms with van der Waals surface area (Å²) >= 11 is 0. The molecule has 9 nitrogen and oxygen atoms in total. The van der Waals surface area contributed by atoms with E-state index in [4.69, 9.17) is 24.9 Å². The lowest BCUT2D eigenvalue weighted by Gasteiger charge is -2.35. The highest BCUT2D eigenvalue weighted by Crippen LogP contribution is 2.37. The van der Waals surface area contributed by atoms with Gasteiger partial charge in [-0.25, -0.2) is 14.8 Å². The van der Waals surface area contributed by atoms with Crippen LogP contribution in [-0.2, 0) is 4.74 Å². The second-order valence-corrected chi connectivity index (χ2v) is 16.7. The SMILES string of the molecule is CC(C)(C)OC(=O)Nc1ccccc1B(O)O.CC(C)(C)[Si](C)(C)Oc1ccc2c(n1)c(N)nc1ccccc12. The predicted molar refractivity (Wildman–Crippen MR) is 165 cm³/mol. The molecule has 1 amide bonds. The predicted octanol–water partition coefficient (Wildman–Crippen LogP) is 5.46. The first-order chi connectivity index (χ1) is 18.5. The Morgan fingerprint density at radius 2 is 1.52 bits per heavy atom. The highest BCUT2D eigenvalue weighted by atomic mass is 28.4. The Morgan fingerprint density at radius 1 is 0.900 bits per heavy atom. The molecule has 5 N–H and O–H groups in total. The van der Waals surface area contributed by atoms with Crippen LogP contribution in [-0.4, -0.2) is 47.1 Å². The van der Waals surface area contributed by atoms with Crippen LogP contribution in [0.3, 0.4) is 0 Å². The zero-order chi connectivity index (χ0) is 29.9. The molecule has 0 aliphatic heterocycles. The molecule has 4 rings (SSSR count). The molecular formula is C29H39BN4O5Si. The molecule has 4 aromatic rings. The van der Waals surface area contributed by atoms with Gasteiger partial charge in [0.25, 0.3) is 8.32 Å². The van der Waals surface area contributed by atoms with E-state index >= 15 is 0 Å². The number of nitrogens with one attached hydrogen (secondary N) is 1. The number of hydrogen-bond donors (Lipinski definition) is 4. The van der Waals surface area contributed by atoms with Crippen LogP contribution in [0.25, 0.3) is 21.8 Å². The number of anilines is 2. The van der Waals surface area contributed by atoms with Gasteiger partial charge >= 0.3 is 13.2 Å². The van der Waals surface area contributed by atoms with Gasteiger partial charge < -0.3 is 24.9 Å². The molecule has 40 heavy (non-hydrogen) atoms. The summed E-state index contributed by atoms with van der Waals surface area (Å²) in [5.74, 6) is 1.08. The fraction of sp³-hybridized carbons (Fsp3) is 0.345. The molecule has 2 aromatic heterocycles. The van der Waals surface area contributed by atoms with Crippen LogP contribution in [0.2, 0.25) is 18.1 Å². The van der Waals surface area contributed by atoms with E-state index in [0.29, 0.717) is 22.9 Å². The number of nitrogens with zero attached hydrogens (tertiary/aromatic N) is 2. The minimum Gasteiger partial charge on any atom is -0.531 e. The van der Waals surface area contributed by atoms with Gasteiger partial charge in [-0.3, -0.25) is 5.32 Å². The first kappa shape index (κ1) is 30.9. The summed E-state index contributed by atoms with van der Waals surface area (Å²) in [7, 11) is -3.57. The number of aromatic nitrogens is 2. The van der Waals surface area contributed by atoms with Gasteiger partial charge in [0.1, 0.15) is 11.1 Å². The van der Waals surface area contributed by atoms with Gasteiger partial charge in [-0.2, -0.15) is 0 Å². The fourth-order valence-corrected chi connectivity index (χ4v) is 4.50. The molecule has 2 aromatic carbocycles. The van der Waals surface area contributed by atoms with Crippen molar-refractivity contribution in [2.75, 3.05) is 11.1 Å². The monoisotopic (exact) mass is 562 g/mol. The van der Waals surface area contributed by atoms with Crippen molar-refractivity contribution in [3.8, 4) is 5.88 Å². The molecule has 11 heteroatoms. The van der Waals surface area contributed by atoms with Crippen LogP contribution in [0.1, 0.15) is 41.5 Å². The van der Waals surface area contributed by atoms with E-state index in [1.165, 1.54) is 6.07 Å². The van der Waals surface area contributed by atoms with E-state index in [0.717, 1.165) is 16.3 Å². The molecule has 0 radical (unpaired) electrons. The Labute approximate surface area is 237 Å². The maximum atomic E-state index is 11.5. The Balaban J connectivity index is 0.000000232. The normalized spacial score (nSPS) is 11.9. The molecule has 0 spiro atoms. The smallest absolute Gasteiger partial charge is 0.490 e. The molecule has 0 aliphatic carbocycles. The van der Waals surface area contributed by atoms with Crippen LogP contribution in [0.15, 0.2) is 60.7 Å².